The Morgan fingerprint density at radius 1 is 1.13 bits per heavy atom. The van der Waals surface area contributed by atoms with Crippen molar-refractivity contribution in [1.82, 2.24) is 14.6 Å². The first kappa shape index (κ1) is 20.1. The van der Waals surface area contributed by atoms with Crippen molar-refractivity contribution < 1.29 is 12.8 Å². The number of rotatable bonds is 2. The summed E-state index contributed by atoms with van der Waals surface area (Å²) in [7, 11) is -3.71. The number of benzene rings is 1. The van der Waals surface area contributed by atoms with E-state index in [1.807, 2.05) is 0 Å². The summed E-state index contributed by atoms with van der Waals surface area (Å²) in [4.78, 5) is 3.79. The average molecular weight is 382 g/mol. The zero-order valence-electron chi connectivity index (χ0n) is 12.2. The fourth-order valence-electron chi connectivity index (χ4n) is 2.57. The first-order valence-corrected chi connectivity index (χ1v) is 8.28. The maximum atomic E-state index is 14.1. The van der Waals surface area contributed by atoms with E-state index < -0.39 is 15.8 Å². The van der Waals surface area contributed by atoms with Gasteiger partial charge in [0.05, 0.1) is 11.1 Å². The molecule has 0 amide bonds. The molecule has 1 saturated heterocycles. The molecule has 1 aliphatic rings. The topological polar surface area (TPSA) is 62.3 Å². The van der Waals surface area contributed by atoms with Crippen molar-refractivity contribution >= 4 is 45.6 Å². The summed E-state index contributed by atoms with van der Waals surface area (Å²) in [6, 6.07) is 4.74. The molecule has 23 heavy (non-hydrogen) atoms. The van der Waals surface area contributed by atoms with E-state index in [2.05, 4.69) is 10.3 Å². The molecule has 1 N–H and O–H groups in total. The van der Waals surface area contributed by atoms with E-state index in [1.54, 1.807) is 12.1 Å². The van der Waals surface area contributed by atoms with Gasteiger partial charge in [-0.1, -0.05) is 12.1 Å². The number of hydrogen-bond acceptors (Lipinski definition) is 4. The molecule has 2 aromatic rings. The molecule has 0 aliphatic carbocycles. The number of fused-ring (bicyclic) bond motifs is 1. The second-order valence-corrected chi connectivity index (χ2v) is 6.89. The third kappa shape index (κ3) is 3.92. The minimum atomic E-state index is -3.71. The number of pyridine rings is 1. The molecule has 2 heterocycles. The van der Waals surface area contributed by atoms with E-state index in [0.29, 0.717) is 25.0 Å². The standard InChI is InChI=1S/C14H16FN3O2S.2ClH/c15-12-10-17-9-11-3-1-4-13(14(11)12)21(19,20)18-7-2-5-16-6-8-18;;/h1,3-4,9-10,16H,2,5-8H2;2*1H. The van der Waals surface area contributed by atoms with Gasteiger partial charge < -0.3 is 5.32 Å². The Balaban J connectivity index is 0.00000132. The quantitative estimate of drug-likeness (QED) is 0.865. The lowest BCUT2D eigenvalue weighted by atomic mass is 10.2. The summed E-state index contributed by atoms with van der Waals surface area (Å²) >= 11 is 0. The van der Waals surface area contributed by atoms with Gasteiger partial charge in [0, 0.05) is 36.6 Å². The van der Waals surface area contributed by atoms with Gasteiger partial charge in [0.25, 0.3) is 0 Å². The monoisotopic (exact) mass is 381 g/mol. The van der Waals surface area contributed by atoms with Crippen LogP contribution in [0.2, 0.25) is 0 Å². The van der Waals surface area contributed by atoms with Crippen molar-refractivity contribution in [3.05, 3.63) is 36.4 Å². The van der Waals surface area contributed by atoms with Crippen LogP contribution in [0.5, 0.6) is 0 Å². The van der Waals surface area contributed by atoms with E-state index in [-0.39, 0.29) is 35.1 Å². The molecule has 1 aromatic carbocycles. The lowest BCUT2D eigenvalue weighted by molar-refractivity contribution is 0.432. The molecule has 9 heteroatoms. The lowest BCUT2D eigenvalue weighted by Crippen LogP contribution is -2.34. The fourth-order valence-corrected chi connectivity index (χ4v) is 4.28. The average Bonchev–Trinajstić information content (AvgIpc) is 2.76. The van der Waals surface area contributed by atoms with Gasteiger partial charge in [-0.2, -0.15) is 4.31 Å². The highest BCUT2D eigenvalue weighted by Crippen LogP contribution is 2.27. The van der Waals surface area contributed by atoms with Crippen molar-refractivity contribution in [3.8, 4) is 0 Å². The highest BCUT2D eigenvalue weighted by molar-refractivity contribution is 7.89. The van der Waals surface area contributed by atoms with Crippen LogP contribution in [0.25, 0.3) is 10.8 Å². The molecule has 0 unspecified atom stereocenters. The first-order chi connectivity index (χ1) is 10.1. The summed E-state index contributed by atoms with van der Waals surface area (Å²) in [6.07, 6.45) is 3.26. The van der Waals surface area contributed by atoms with Gasteiger partial charge in [0.2, 0.25) is 10.0 Å². The maximum Gasteiger partial charge on any atom is 0.243 e. The van der Waals surface area contributed by atoms with Gasteiger partial charge >= 0.3 is 0 Å². The van der Waals surface area contributed by atoms with Crippen LogP contribution in [0.3, 0.4) is 0 Å². The zero-order chi connectivity index (χ0) is 14.9. The summed E-state index contributed by atoms with van der Waals surface area (Å²) in [5.74, 6) is -0.611. The Kier molecular flexibility index (Phi) is 7.16. The smallest absolute Gasteiger partial charge is 0.243 e. The Morgan fingerprint density at radius 3 is 2.70 bits per heavy atom. The van der Waals surface area contributed by atoms with Crippen molar-refractivity contribution in [2.75, 3.05) is 26.2 Å². The maximum absolute atomic E-state index is 14.1. The largest absolute Gasteiger partial charge is 0.315 e. The minimum Gasteiger partial charge on any atom is -0.315 e. The lowest BCUT2D eigenvalue weighted by Gasteiger charge is -2.20. The number of nitrogens with one attached hydrogen (secondary N) is 1. The van der Waals surface area contributed by atoms with Gasteiger partial charge in [-0.15, -0.1) is 24.8 Å². The van der Waals surface area contributed by atoms with Crippen molar-refractivity contribution in [1.29, 1.82) is 0 Å². The van der Waals surface area contributed by atoms with Crippen LogP contribution in [0, 0.1) is 5.82 Å². The molecule has 0 saturated carbocycles. The summed E-state index contributed by atoms with van der Waals surface area (Å²) in [5.41, 5.74) is 0. The molecule has 1 aliphatic heterocycles. The third-order valence-electron chi connectivity index (χ3n) is 3.62. The Morgan fingerprint density at radius 2 is 1.91 bits per heavy atom. The molecule has 1 fully saturated rings. The van der Waals surface area contributed by atoms with E-state index in [9.17, 15) is 12.8 Å². The Bertz CT molecular complexity index is 760. The summed E-state index contributed by atoms with van der Waals surface area (Å²) in [5, 5.41) is 3.76. The molecule has 128 valence electrons. The van der Waals surface area contributed by atoms with Crippen LogP contribution in [0.1, 0.15) is 6.42 Å². The number of nitrogens with zero attached hydrogens (tertiary/aromatic N) is 2. The van der Waals surface area contributed by atoms with Crippen LogP contribution in [0.4, 0.5) is 4.39 Å². The van der Waals surface area contributed by atoms with Crippen LogP contribution in [-0.4, -0.2) is 43.9 Å². The van der Waals surface area contributed by atoms with Gasteiger partial charge in [0.15, 0.2) is 5.82 Å². The van der Waals surface area contributed by atoms with E-state index in [1.165, 1.54) is 16.6 Å². The zero-order valence-corrected chi connectivity index (χ0v) is 14.7. The highest BCUT2D eigenvalue weighted by atomic mass is 35.5. The second kappa shape index (κ2) is 8.21. The molecule has 1 aromatic heterocycles. The highest BCUT2D eigenvalue weighted by Gasteiger charge is 2.27. The number of aromatic nitrogens is 1. The van der Waals surface area contributed by atoms with Crippen LogP contribution in [-0.2, 0) is 10.0 Å². The normalized spacial score (nSPS) is 16.2. The SMILES string of the molecule is Cl.Cl.O=S(=O)(c1cccc2cncc(F)c12)N1CCCNCC1. The molecule has 0 radical (unpaired) electrons. The summed E-state index contributed by atoms with van der Waals surface area (Å²) < 4.78 is 41.1. The molecular formula is C14H18Cl2FN3O2S. The van der Waals surface area contributed by atoms with Crippen molar-refractivity contribution in [3.63, 3.8) is 0 Å². The molecule has 5 nitrogen and oxygen atoms in total. The van der Waals surface area contributed by atoms with Gasteiger partial charge in [-0.3, -0.25) is 4.98 Å². The molecular weight excluding hydrogens is 364 g/mol. The Hall–Kier alpha value is -0.990. The first-order valence-electron chi connectivity index (χ1n) is 6.84. The predicted octanol–water partition coefficient (Wildman–Crippen LogP) is 2.20. The summed E-state index contributed by atoms with van der Waals surface area (Å²) in [6.45, 7) is 2.23. The van der Waals surface area contributed by atoms with Crippen LogP contribution in [0.15, 0.2) is 35.5 Å². The second-order valence-electron chi connectivity index (χ2n) is 4.98. The van der Waals surface area contributed by atoms with Gasteiger partial charge in [-0.05, 0) is 19.0 Å². The fraction of sp³-hybridized carbons (Fsp3) is 0.357. The van der Waals surface area contributed by atoms with Crippen molar-refractivity contribution in [2.24, 2.45) is 0 Å². The van der Waals surface area contributed by atoms with Crippen LogP contribution < -0.4 is 5.32 Å². The minimum absolute atomic E-state index is 0. The molecule has 3 rings (SSSR count). The van der Waals surface area contributed by atoms with Gasteiger partial charge in [0.1, 0.15) is 0 Å². The van der Waals surface area contributed by atoms with E-state index in [4.69, 9.17) is 0 Å². The van der Waals surface area contributed by atoms with E-state index in [0.717, 1.165) is 19.2 Å². The molecule has 0 bridgehead atoms. The number of hydrogen-bond donors (Lipinski definition) is 1. The number of sulfonamides is 1. The van der Waals surface area contributed by atoms with E-state index >= 15 is 0 Å². The van der Waals surface area contributed by atoms with Crippen molar-refractivity contribution in [2.45, 2.75) is 11.3 Å². The molecule has 0 spiro atoms. The third-order valence-corrected chi connectivity index (χ3v) is 5.56. The number of halogens is 3. The predicted molar refractivity (Wildman–Crippen MR) is 92.4 cm³/mol. The molecule has 0 atom stereocenters. The van der Waals surface area contributed by atoms with Crippen LogP contribution >= 0.6 is 24.8 Å². The Labute approximate surface area is 147 Å². The van der Waals surface area contributed by atoms with Gasteiger partial charge in [-0.25, -0.2) is 12.8 Å².